The van der Waals surface area contributed by atoms with E-state index in [2.05, 4.69) is 0 Å². The van der Waals surface area contributed by atoms with Crippen LogP contribution in [0, 0.1) is 5.82 Å². The lowest BCUT2D eigenvalue weighted by Gasteiger charge is -2.20. The Morgan fingerprint density at radius 3 is 2.44 bits per heavy atom. The first kappa shape index (κ1) is 10.8. The number of hydrogen-bond donors (Lipinski definition) is 1. The van der Waals surface area contributed by atoms with Crippen molar-refractivity contribution in [3.8, 4) is 0 Å². The van der Waals surface area contributed by atoms with Crippen molar-refractivity contribution in [2.45, 2.75) is 11.8 Å². The molecule has 1 atom stereocenters. The summed E-state index contributed by atoms with van der Waals surface area (Å²) in [6.07, 6.45) is -5.42. The van der Waals surface area contributed by atoms with Gasteiger partial charge >= 0.3 is 11.8 Å². The van der Waals surface area contributed by atoms with E-state index >= 15 is 0 Å². The number of rotatable bonds is 0. The summed E-state index contributed by atoms with van der Waals surface area (Å²) in [4.78, 5) is 11.0. The van der Waals surface area contributed by atoms with Crippen molar-refractivity contribution in [2.75, 3.05) is 5.32 Å². The van der Waals surface area contributed by atoms with Gasteiger partial charge in [0.05, 0.1) is 0 Å². The van der Waals surface area contributed by atoms with Gasteiger partial charge in [0.2, 0.25) is 0 Å². The number of halogens is 5. The monoisotopic (exact) mass is 237 g/mol. The molecule has 0 aliphatic carbocycles. The van der Waals surface area contributed by atoms with Crippen LogP contribution in [-0.2, 0) is 10.5 Å². The Morgan fingerprint density at radius 2 is 1.88 bits per heavy atom. The van der Waals surface area contributed by atoms with Crippen molar-refractivity contribution in [3.63, 3.8) is 0 Å². The highest BCUT2D eigenvalue weighted by Crippen LogP contribution is 2.49. The molecule has 0 fully saturated rings. The molecule has 0 radical (unpaired) electrons. The quantitative estimate of drug-likeness (QED) is 0.690. The predicted molar refractivity (Wildman–Crippen MR) is 43.9 cm³/mol. The maximum absolute atomic E-state index is 13.7. The second-order valence-corrected chi connectivity index (χ2v) is 3.30. The van der Waals surface area contributed by atoms with Crippen LogP contribution in [0.5, 0.6) is 0 Å². The van der Waals surface area contributed by atoms with Crippen LogP contribution in [0.4, 0.5) is 27.6 Å². The number of fused-ring (bicyclic) bond motifs is 1. The van der Waals surface area contributed by atoms with Crippen LogP contribution < -0.4 is 5.32 Å². The Kier molecular flexibility index (Phi) is 1.98. The van der Waals surface area contributed by atoms with Gasteiger partial charge in [0.1, 0.15) is 5.82 Å². The summed E-state index contributed by atoms with van der Waals surface area (Å²) in [5, 5.41) is 1.72. The zero-order valence-electron chi connectivity index (χ0n) is 7.53. The Balaban J connectivity index is 2.67. The lowest BCUT2D eigenvalue weighted by atomic mass is 9.97. The summed E-state index contributed by atoms with van der Waals surface area (Å²) in [5.41, 5.74) is -5.58. The third-order valence-corrected chi connectivity index (χ3v) is 2.30. The highest BCUT2D eigenvalue weighted by Gasteiger charge is 2.66. The van der Waals surface area contributed by atoms with Crippen molar-refractivity contribution >= 4 is 11.6 Å². The van der Waals surface area contributed by atoms with E-state index in [4.69, 9.17) is 0 Å². The van der Waals surface area contributed by atoms with Gasteiger partial charge in [0.15, 0.2) is 0 Å². The highest BCUT2D eigenvalue weighted by molar-refractivity contribution is 6.05. The molecule has 0 spiro atoms. The van der Waals surface area contributed by atoms with Gasteiger partial charge < -0.3 is 5.32 Å². The Bertz CT molecular complexity index is 469. The van der Waals surface area contributed by atoms with E-state index < -0.39 is 29.1 Å². The molecular weight excluding hydrogens is 233 g/mol. The number of amides is 1. The van der Waals surface area contributed by atoms with E-state index in [0.717, 1.165) is 12.1 Å². The van der Waals surface area contributed by atoms with E-state index in [1.54, 1.807) is 5.32 Å². The molecule has 1 aliphatic heterocycles. The third kappa shape index (κ3) is 1.20. The van der Waals surface area contributed by atoms with Crippen LogP contribution in [0.2, 0.25) is 0 Å². The molecule has 1 amide bonds. The topological polar surface area (TPSA) is 29.1 Å². The van der Waals surface area contributed by atoms with Crippen molar-refractivity contribution in [1.29, 1.82) is 0 Å². The minimum absolute atomic E-state index is 0.362. The van der Waals surface area contributed by atoms with Crippen molar-refractivity contribution in [2.24, 2.45) is 0 Å². The molecule has 1 N–H and O–H groups in total. The van der Waals surface area contributed by atoms with Crippen LogP contribution in [0.3, 0.4) is 0 Å². The Labute approximate surface area is 86.1 Å². The van der Waals surface area contributed by atoms with E-state index in [0.29, 0.717) is 6.07 Å². The zero-order valence-corrected chi connectivity index (χ0v) is 7.53. The van der Waals surface area contributed by atoms with Crippen LogP contribution >= 0.6 is 0 Å². The van der Waals surface area contributed by atoms with Gasteiger partial charge in [-0.1, -0.05) is 0 Å². The SMILES string of the molecule is O=C1Nc2ccc(F)cc2C1(F)C(F)(F)F. The number of nitrogens with one attached hydrogen (secondary N) is 1. The van der Waals surface area contributed by atoms with E-state index in [1.807, 2.05) is 0 Å². The molecule has 1 unspecified atom stereocenters. The van der Waals surface area contributed by atoms with Crippen LogP contribution in [0.25, 0.3) is 0 Å². The molecule has 2 nitrogen and oxygen atoms in total. The summed E-state index contributed by atoms with van der Waals surface area (Å²) in [7, 11) is 0. The average molecular weight is 237 g/mol. The van der Waals surface area contributed by atoms with Crippen molar-refractivity contribution in [3.05, 3.63) is 29.6 Å². The molecule has 16 heavy (non-hydrogen) atoms. The molecule has 7 heteroatoms. The summed E-state index contributed by atoms with van der Waals surface area (Å²) >= 11 is 0. The smallest absolute Gasteiger partial charge is 0.322 e. The van der Waals surface area contributed by atoms with Crippen molar-refractivity contribution in [1.82, 2.24) is 0 Å². The predicted octanol–water partition coefficient (Wildman–Crippen LogP) is 2.50. The molecule has 0 saturated carbocycles. The molecule has 1 aromatic rings. The Hall–Kier alpha value is -1.66. The van der Waals surface area contributed by atoms with E-state index in [-0.39, 0.29) is 5.69 Å². The van der Waals surface area contributed by atoms with Gasteiger partial charge in [-0.25, -0.2) is 8.78 Å². The number of hydrogen-bond acceptors (Lipinski definition) is 1. The number of alkyl halides is 4. The van der Waals surface area contributed by atoms with Gasteiger partial charge in [0.25, 0.3) is 5.91 Å². The molecular formula is C9H4F5NO. The average Bonchev–Trinajstić information content (AvgIpc) is 2.41. The summed E-state index contributed by atoms with van der Waals surface area (Å²) in [6.45, 7) is 0. The van der Waals surface area contributed by atoms with Crippen LogP contribution in [0.1, 0.15) is 5.56 Å². The first-order chi connectivity index (χ1) is 7.26. The normalized spacial score (nSPS) is 24.2. The van der Waals surface area contributed by atoms with Gasteiger partial charge in [-0.05, 0) is 18.2 Å². The molecule has 1 aliphatic rings. The number of anilines is 1. The first-order valence-corrected chi connectivity index (χ1v) is 4.14. The van der Waals surface area contributed by atoms with Crippen molar-refractivity contribution < 1.29 is 26.7 Å². The van der Waals surface area contributed by atoms with Crippen LogP contribution in [0.15, 0.2) is 18.2 Å². The zero-order chi connectivity index (χ0) is 12.1. The first-order valence-electron chi connectivity index (χ1n) is 4.14. The maximum Gasteiger partial charge on any atom is 0.436 e. The molecule has 86 valence electrons. The van der Waals surface area contributed by atoms with Gasteiger partial charge in [-0.15, -0.1) is 0 Å². The molecule has 0 saturated heterocycles. The largest absolute Gasteiger partial charge is 0.436 e. The summed E-state index contributed by atoms with van der Waals surface area (Å²) < 4.78 is 63.8. The summed E-state index contributed by atoms with van der Waals surface area (Å²) in [5.74, 6) is -2.89. The number of carbonyl (C=O) groups is 1. The fourth-order valence-corrected chi connectivity index (χ4v) is 1.52. The van der Waals surface area contributed by atoms with Gasteiger partial charge in [-0.2, -0.15) is 13.2 Å². The second-order valence-electron chi connectivity index (χ2n) is 3.30. The molecule has 1 heterocycles. The lowest BCUT2D eigenvalue weighted by Crippen LogP contribution is -2.44. The minimum atomic E-state index is -5.42. The van der Waals surface area contributed by atoms with Gasteiger partial charge in [-0.3, -0.25) is 4.79 Å². The molecule has 0 bridgehead atoms. The van der Waals surface area contributed by atoms with E-state index in [1.165, 1.54) is 0 Å². The molecule has 2 rings (SSSR count). The standard InChI is InChI=1S/C9H4F5NO/c10-4-1-2-6-5(3-4)8(11,7(16)15-6)9(12,13)14/h1-3H,(H,15,16). The number of benzene rings is 1. The Morgan fingerprint density at radius 1 is 1.25 bits per heavy atom. The molecule has 1 aromatic carbocycles. The highest BCUT2D eigenvalue weighted by atomic mass is 19.4. The third-order valence-electron chi connectivity index (χ3n) is 2.30. The fraction of sp³-hybridized carbons (Fsp3) is 0.222. The maximum atomic E-state index is 13.7. The molecule has 0 aromatic heterocycles. The lowest BCUT2D eigenvalue weighted by molar-refractivity contribution is -0.226. The second kappa shape index (κ2) is 2.93. The summed E-state index contributed by atoms with van der Waals surface area (Å²) in [6, 6.07) is 2.08. The number of carbonyl (C=O) groups excluding carboxylic acids is 1. The fourth-order valence-electron chi connectivity index (χ4n) is 1.52. The van der Waals surface area contributed by atoms with Gasteiger partial charge in [0, 0.05) is 11.3 Å². The van der Waals surface area contributed by atoms with E-state index in [9.17, 15) is 26.7 Å². The van der Waals surface area contributed by atoms with Crippen LogP contribution in [-0.4, -0.2) is 12.1 Å². The minimum Gasteiger partial charge on any atom is -0.322 e.